The molecule has 162 valence electrons. The maximum Gasteiger partial charge on any atom is 0.251 e. The average molecular weight is 449 g/mol. The molecule has 1 atom stereocenters. The molecule has 30 heavy (non-hydrogen) atoms. The van der Waals surface area contributed by atoms with Crippen LogP contribution >= 0.6 is 11.6 Å². The van der Waals surface area contributed by atoms with Gasteiger partial charge in [-0.05, 0) is 54.5 Å². The van der Waals surface area contributed by atoms with E-state index in [1.165, 1.54) is 22.0 Å². The Kier molecular flexibility index (Phi) is 6.60. The molecule has 5 nitrogen and oxygen atoms in total. The van der Waals surface area contributed by atoms with Crippen molar-refractivity contribution >= 4 is 27.5 Å². The number of sulfonamides is 1. The summed E-state index contributed by atoms with van der Waals surface area (Å²) in [5, 5.41) is 3.08. The minimum Gasteiger partial charge on any atom is -0.346 e. The zero-order chi connectivity index (χ0) is 22.1. The summed E-state index contributed by atoms with van der Waals surface area (Å²) in [4.78, 5) is 12.8. The van der Waals surface area contributed by atoms with Gasteiger partial charge in [0.2, 0.25) is 10.0 Å². The van der Waals surface area contributed by atoms with E-state index in [4.69, 9.17) is 11.6 Å². The first kappa shape index (κ1) is 22.8. The molecule has 1 aliphatic rings. The first-order valence-corrected chi connectivity index (χ1v) is 12.0. The molecule has 1 fully saturated rings. The minimum atomic E-state index is -3.70. The highest BCUT2D eigenvalue weighted by Gasteiger charge is 2.30. The summed E-state index contributed by atoms with van der Waals surface area (Å²) in [5.74, 6) is -0.336. The lowest BCUT2D eigenvalue weighted by Gasteiger charge is -2.21. The van der Waals surface area contributed by atoms with Crippen molar-refractivity contribution in [1.82, 2.24) is 9.62 Å². The normalized spacial score (nSPS) is 16.4. The van der Waals surface area contributed by atoms with Crippen LogP contribution in [-0.2, 0) is 15.4 Å². The van der Waals surface area contributed by atoms with E-state index in [0.717, 1.165) is 18.4 Å². The van der Waals surface area contributed by atoms with E-state index < -0.39 is 10.0 Å². The van der Waals surface area contributed by atoms with Gasteiger partial charge in [0.25, 0.3) is 5.91 Å². The Morgan fingerprint density at radius 1 is 1.07 bits per heavy atom. The van der Waals surface area contributed by atoms with Gasteiger partial charge >= 0.3 is 0 Å². The van der Waals surface area contributed by atoms with Crippen molar-refractivity contribution in [2.75, 3.05) is 13.1 Å². The molecule has 3 rings (SSSR count). The highest BCUT2D eigenvalue weighted by Crippen LogP contribution is 2.29. The van der Waals surface area contributed by atoms with Crippen molar-refractivity contribution in [3.63, 3.8) is 0 Å². The predicted octanol–water partition coefficient (Wildman–Crippen LogP) is 4.91. The monoisotopic (exact) mass is 448 g/mol. The molecule has 0 unspecified atom stereocenters. The van der Waals surface area contributed by atoms with E-state index in [0.29, 0.717) is 13.1 Å². The van der Waals surface area contributed by atoms with Crippen molar-refractivity contribution in [1.29, 1.82) is 0 Å². The van der Waals surface area contributed by atoms with E-state index in [-0.39, 0.29) is 32.8 Å². The fraction of sp³-hybridized carbons (Fsp3) is 0.435. The highest BCUT2D eigenvalue weighted by atomic mass is 35.5. The lowest BCUT2D eigenvalue weighted by molar-refractivity contribution is 0.0939. The molecule has 0 spiro atoms. The quantitative estimate of drug-likeness (QED) is 0.706. The molecule has 0 saturated carbocycles. The number of amides is 1. The number of benzene rings is 2. The third-order valence-electron chi connectivity index (χ3n) is 5.50. The van der Waals surface area contributed by atoms with Gasteiger partial charge in [-0.1, -0.05) is 56.6 Å². The lowest BCUT2D eigenvalue weighted by atomic mass is 9.86. The summed E-state index contributed by atoms with van der Waals surface area (Å²) in [6.07, 6.45) is 1.67. The number of carbonyl (C=O) groups excluding carboxylic acids is 1. The fourth-order valence-electron chi connectivity index (χ4n) is 3.54. The summed E-state index contributed by atoms with van der Waals surface area (Å²) in [6, 6.07) is 12.3. The van der Waals surface area contributed by atoms with E-state index in [1.807, 2.05) is 19.1 Å². The largest absolute Gasteiger partial charge is 0.346 e. The molecule has 2 aromatic carbocycles. The molecule has 1 saturated heterocycles. The van der Waals surface area contributed by atoms with Gasteiger partial charge in [-0.3, -0.25) is 4.79 Å². The summed E-state index contributed by atoms with van der Waals surface area (Å²) < 4.78 is 27.2. The molecule has 1 N–H and O–H groups in total. The smallest absolute Gasteiger partial charge is 0.251 e. The van der Waals surface area contributed by atoms with Crippen LogP contribution in [0, 0.1) is 0 Å². The van der Waals surface area contributed by atoms with Gasteiger partial charge in [0.15, 0.2) is 0 Å². The Labute approximate surface area is 184 Å². The van der Waals surface area contributed by atoms with Crippen LogP contribution in [0.25, 0.3) is 0 Å². The number of hydrogen-bond acceptors (Lipinski definition) is 3. The zero-order valence-corrected chi connectivity index (χ0v) is 19.5. The topological polar surface area (TPSA) is 66.5 Å². The van der Waals surface area contributed by atoms with Crippen LogP contribution in [0.1, 0.15) is 68.1 Å². The van der Waals surface area contributed by atoms with Gasteiger partial charge in [-0.25, -0.2) is 8.42 Å². The fourth-order valence-corrected chi connectivity index (χ4v) is 5.56. The van der Waals surface area contributed by atoms with Crippen molar-refractivity contribution in [3.8, 4) is 0 Å². The number of nitrogens with zero attached hydrogens (tertiary/aromatic N) is 1. The predicted molar refractivity (Wildman–Crippen MR) is 120 cm³/mol. The zero-order valence-electron chi connectivity index (χ0n) is 17.9. The molecule has 7 heteroatoms. The molecule has 1 aliphatic heterocycles. The number of carbonyl (C=O) groups is 1. The van der Waals surface area contributed by atoms with Crippen molar-refractivity contribution in [3.05, 3.63) is 64.2 Å². The van der Waals surface area contributed by atoms with Crippen LogP contribution in [0.4, 0.5) is 0 Å². The summed E-state index contributed by atoms with van der Waals surface area (Å²) >= 11 is 6.18. The van der Waals surface area contributed by atoms with Crippen LogP contribution in [0.3, 0.4) is 0 Å². The number of hydrogen-bond donors (Lipinski definition) is 1. The molecule has 0 bridgehead atoms. The molecule has 0 aliphatic carbocycles. The Morgan fingerprint density at radius 3 is 2.23 bits per heavy atom. The van der Waals surface area contributed by atoms with Crippen molar-refractivity contribution in [2.45, 2.75) is 56.9 Å². The summed E-state index contributed by atoms with van der Waals surface area (Å²) in [7, 11) is -3.70. The van der Waals surface area contributed by atoms with Crippen LogP contribution in [-0.4, -0.2) is 31.7 Å². The second kappa shape index (κ2) is 8.69. The standard InChI is InChI=1S/C23H29ClN2O3S/c1-16(17-7-10-19(11-8-17)23(2,3)4)25-22(27)18-9-12-20(24)21(15-18)30(28,29)26-13-5-6-14-26/h7-12,15-16H,5-6,13-14H2,1-4H3,(H,25,27)/t16-/m1/s1. The van der Waals surface area contributed by atoms with Crippen molar-refractivity contribution < 1.29 is 13.2 Å². The second-order valence-corrected chi connectivity index (χ2v) is 11.1. The number of rotatable bonds is 5. The Hall–Kier alpha value is -1.89. The second-order valence-electron chi connectivity index (χ2n) is 8.82. The van der Waals surface area contributed by atoms with Gasteiger partial charge in [-0.15, -0.1) is 0 Å². The molecule has 1 amide bonds. The lowest BCUT2D eigenvalue weighted by Crippen LogP contribution is -2.29. The van der Waals surface area contributed by atoms with Gasteiger partial charge in [0.05, 0.1) is 11.1 Å². The summed E-state index contributed by atoms with van der Waals surface area (Å²) in [6.45, 7) is 9.33. The third-order valence-corrected chi connectivity index (χ3v) is 7.88. The van der Waals surface area contributed by atoms with E-state index in [9.17, 15) is 13.2 Å². The average Bonchev–Trinajstić information content (AvgIpc) is 3.23. The highest BCUT2D eigenvalue weighted by molar-refractivity contribution is 7.89. The molecular formula is C23H29ClN2O3S. The Balaban J connectivity index is 1.78. The van der Waals surface area contributed by atoms with Crippen LogP contribution in [0.2, 0.25) is 5.02 Å². The molecule has 0 radical (unpaired) electrons. The van der Waals surface area contributed by atoms with Gasteiger partial charge in [0, 0.05) is 18.7 Å². The first-order chi connectivity index (χ1) is 14.0. The Bertz CT molecular complexity index is 1020. The molecular weight excluding hydrogens is 420 g/mol. The molecule has 1 heterocycles. The van der Waals surface area contributed by atoms with E-state index >= 15 is 0 Å². The third kappa shape index (κ3) is 4.88. The van der Waals surface area contributed by atoms with Crippen LogP contribution < -0.4 is 5.32 Å². The number of halogens is 1. The van der Waals surface area contributed by atoms with Crippen molar-refractivity contribution in [2.24, 2.45) is 0 Å². The maximum atomic E-state index is 12.9. The molecule has 0 aromatic heterocycles. The number of nitrogens with one attached hydrogen (secondary N) is 1. The van der Waals surface area contributed by atoms with Gasteiger partial charge in [-0.2, -0.15) is 4.31 Å². The van der Waals surface area contributed by atoms with Gasteiger partial charge in [0.1, 0.15) is 4.90 Å². The maximum absolute atomic E-state index is 12.9. The Morgan fingerprint density at radius 2 is 1.67 bits per heavy atom. The van der Waals surface area contributed by atoms with Crippen LogP contribution in [0.15, 0.2) is 47.4 Å². The van der Waals surface area contributed by atoms with Crippen LogP contribution in [0.5, 0.6) is 0 Å². The first-order valence-electron chi connectivity index (χ1n) is 10.2. The SMILES string of the molecule is C[C@@H](NC(=O)c1ccc(Cl)c(S(=O)(=O)N2CCCC2)c1)c1ccc(C(C)(C)C)cc1. The van der Waals surface area contributed by atoms with E-state index in [2.05, 4.69) is 38.2 Å². The minimum absolute atomic E-state index is 0.0131. The molecule has 2 aromatic rings. The van der Waals surface area contributed by atoms with Gasteiger partial charge < -0.3 is 5.32 Å². The summed E-state index contributed by atoms with van der Waals surface area (Å²) in [5.41, 5.74) is 2.54. The van der Waals surface area contributed by atoms with E-state index in [1.54, 1.807) is 6.07 Å².